The molecule has 0 unspecified atom stereocenters. The van der Waals surface area contributed by atoms with E-state index in [-0.39, 0.29) is 11.8 Å². The zero-order valence-corrected chi connectivity index (χ0v) is 15.7. The first-order chi connectivity index (χ1) is 12.2. The van der Waals surface area contributed by atoms with Gasteiger partial charge in [0.15, 0.2) is 5.58 Å². The molecule has 3 rings (SSSR count). The van der Waals surface area contributed by atoms with Crippen molar-refractivity contribution < 1.29 is 18.9 Å². The highest BCUT2D eigenvalue weighted by Crippen LogP contribution is 2.30. The molecular formula is C17H21N3O5S. The number of ether oxygens (including phenoxy) is 1. The molecule has 140 valence electrons. The van der Waals surface area contributed by atoms with Crippen LogP contribution in [0, 0.1) is 16.0 Å². The molecule has 0 radical (unpaired) electrons. The number of benzene rings is 1. The molecule has 1 aromatic carbocycles. The molecule has 2 aromatic rings. The molecule has 8 nitrogen and oxygen atoms in total. The Labute approximate surface area is 155 Å². The predicted molar refractivity (Wildman–Crippen MR) is 97.3 cm³/mol. The third-order valence-electron chi connectivity index (χ3n) is 3.94. The number of nitrogens with zero attached hydrogens (tertiary/aromatic N) is 3. The summed E-state index contributed by atoms with van der Waals surface area (Å²) in [6, 6.07) is 4.37. The van der Waals surface area contributed by atoms with Gasteiger partial charge in [-0.2, -0.15) is 0 Å². The molecule has 1 aliphatic rings. The molecule has 0 aliphatic carbocycles. The molecule has 1 saturated heterocycles. The minimum atomic E-state index is -0.495. The topological polar surface area (TPSA) is 98.7 Å². The Bertz CT molecular complexity index is 829. The fourth-order valence-electron chi connectivity index (χ4n) is 2.72. The minimum absolute atomic E-state index is 0.00820. The van der Waals surface area contributed by atoms with E-state index in [9.17, 15) is 14.9 Å². The first-order valence-electron chi connectivity index (χ1n) is 8.37. The molecule has 1 amide bonds. The summed E-state index contributed by atoms with van der Waals surface area (Å²) in [4.78, 5) is 28.5. The summed E-state index contributed by atoms with van der Waals surface area (Å²) in [6.07, 6.45) is 0.622. The Morgan fingerprint density at radius 1 is 1.50 bits per heavy atom. The van der Waals surface area contributed by atoms with E-state index in [0.29, 0.717) is 35.3 Å². The fourth-order valence-corrected chi connectivity index (χ4v) is 3.68. The lowest BCUT2D eigenvalue weighted by atomic mass is 10.2. The second-order valence-corrected chi connectivity index (χ2v) is 8.25. The Balaban J connectivity index is 1.56. The molecule has 1 aliphatic heterocycles. The maximum Gasteiger partial charge on any atom is 0.410 e. The number of thioether (sulfide) groups is 1. The summed E-state index contributed by atoms with van der Waals surface area (Å²) in [6.45, 7) is 6.89. The molecule has 1 atom stereocenters. The molecule has 0 saturated carbocycles. The van der Waals surface area contributed by atoms with Gasteiger partial charge in [-0.15, -0.1) is 0 Å². The number of nitro benzene ring substituents is 1. The number of non-ortho nitro benzene ring substituents is 1. The largest absolute Gasteiger partial charge is 0.444 e. The van der Waals surface area contributed by atoms with Crippen LogP contribution < -0.4 is 0 Å². The normalized spacial score (nSPS) is 17.7. The highest BCUT2D eigenvalue weighted by molar-refractivity contribution is 7.99. The first-order valence-corrected chi connectivity index (χ1v) is 9.35. The number of fused-ring (bicyclic) bond motifs is 1. The average molecular weight is 379 g/mol. The molecule has 1 fully saturated rings. The molecule has 0 bridgehead atoms. The maximum absolute atomic E-state index is 12.1. The minimum Gasteiger partial charge on any atom is -0.444 e. The van der Waals surface area contributed by atoms with E-state index in [0.717, 1.165) is 12.2 Å². The molecule has 0 spiro atoms. The lowest BCUT2D eigenvalue weighted by molar-refractivity contribution is -0.384. The monoisotopic (exact) mass is 379 g/mol. The summed E-state index contributed by atoms with van der Waals surface area (Å²) in [5, 5.41) is 11.3. The number of carbonyl (C=O) groups excluding carboxylic acids is 1. The highest BCUT2D eigenvalue weighted by atomic mass is 32.2. The lowest BCUT2D eigenvalue weighted by Gasteiger charge is -2.24. The van der Waals surface area contributed by atoms with Crippen LogP contribution in [0.5, 0.6) is 0 Å². The number of carbonyl (C=O) groups is 1. The van der Waals surface area contributed by atoms with E-state index in [1.165, 1.54) is 23.9 Å². The third kappa shape index (κ3) is 4.46. The van der Waals surface area contributed by atoms with E-state index >= 15 is 0 Å². The van der Waals surface area contributed by atoms with Crippen LogP contribution in [-0.2, 0) is 4.74 Å². The van der Waals surface area contributed by atoms with Crippen molar-refractivity contribution in [3.8, 4) is 0 Å². The van der Waals surface area contributed by atoms with Crippen molar-refractivity contribution in [3.05, 3.63) is 28.3 Å². The zero-order valence-electron chi connectivity index (χ0n) is 14.9. The van der Waals surface area contributed by atoms with Crippen LogP contribution in [0.3, 0.4) is 0 Å². The van der Waals surface area contributed by atoms with Gasteiger partial charge in [0.05, 0.1) is 4.92 Å². The van der Waals surface area contributed by atoms with Crippen molar-refractivity contribution in [2.45, 2.75) is 38.0 Å². The number of nitro groups is 1. The Morgan fingerprint density at radius 3 is 2.96 bits per heavy atom. The number of likely N-dealkylation sites (tertiary alicyclic amines) is 1. The molecule has 26 heavy (non-hydrogen) atoms. The van der Waals surface area contributed by atoms with Crippen LogP contribution in [0.25, 0.3) is 11.1 Å². The Hall–Kier alpha value is -2.29. The van der Waals surface area contributed by atoms with Crippen LogP contribution in [0.2, 0.25) is 0 Å². The first kappa shape index (κ1) is 18.5. The van der Waals surface area contributed by atoms with Gasteiger partial charge in [0.25, 0.3) is 10.9 Å². The summed E-state index contributed by atoms with van der Waals surface area (Å²) >= 11 is 1.46. The van der Waals surface area contributed by atoms with E-state index in [1.54, 1.807) is 11.0 Å². The third-order valence-corrected chi connectivity index (χ3v) is 5.00. The van der Waals surface area contributed by atoms with Crippen LogP contribution in [0.15, 0.2) is 27.8 Å². The molecule has 2 heterocycles. The van der Waals surface area contributed by atoms with Gasteiger partial charge in [-0.1, -0.05) is 11.8 Å². The molecule has 9 heteroatoms. The number of aromatic nitrogens is 1. The Kier molecular flexibility index (Phi) is 5.08. The van der Waals surface area contributed by atoms with Gasteiger partial charge in [0.2, 0.25) is 0 Å². The van der Waals surface area contributed by atoms with Crippen molar-refractivity contribution in [2.24, 2.45) is 5.92 Å². The van der Waals surface area contributed by atoms with Gasteiger partial charge < -0.3 is 14.1 Å². The van der Waals surface area contributed by atoms with E-state index in [4.69, 9.17) is 9.15 Å². The van der Waals surface area contributed by atoms with Gasteiger partial charge in [0.1, 0.15) is 11.1 Å². The van der Waals surface area contributed by atoms with Gasteiger partial charge in [-0.05, 0) is 39.2 Å². The smallest absolute Gasteiger partial charge is 0.410 e. The van der Waals surface area contributed by atoms with Crippen LogP contribution in [0.4, 0.5) is 10.5 Å². The maximum atomic E-state index is 12.1. The van der Waals surface area contributed by atoms with Crippen molar-refractivity contribution in [3.63, 3.8) is 0 Å². The van der Waals surface area contributed by atoms with Gasteiger partial charge in [0, 0.05) is 31.0 Å². The second kappa shape index (κ2) is 7.14. The zero-order chi connectivity index (χ0) is 18.9. The second-order valence-electron chi connectivity index (χ2n) is 7.28. The van der Waals surface area contributed by atoms with Crippen molar-refractivity contribution in [1.82, 2.24) is 9.88 Å². The van der Waals surface area contributed by atoms with E-state index in [2.05, 4.69) is 4.98 Å². The molecule has 0 N–H and O–H groups in total. The quantitative estimate of drug-likeness (QED) is 0.448. The van der Waals surface area contributed by atoms with Gasteiger partial charge in [-0.3, -0.25) is 10.1 Å². The van der Waals surface area contributed by atoms with Gasteiger partial charge >= 0.3 is 6.09 Å². The van der Waals surface area contributed by atoms with Crippen molar-refractivity contribution >= 4 is 34.6 Å². The fraction of sp³-hybridized carbons (Fsp3) is 0.529. The molecular weight excluding hydrogens is 358 g/mol. The SMILES string of the molecule is CC(C)(C)OC(=O)N1CC[C@H](CSc2nc3cc([N+](=O)[O-])ccc3o2)C1. The number of oxazole rings is 1. The summed E-state index contributed by atoms with van der Waals surface area (Å²) < 4.78 is 11.0. The Morgan fingerprint density at radius 2 is 2.27 bits per heavy atom. The van der Waals surface area contributed by atoms with E-state index in [1.807, 2.05) is 20.8 Å². The summed E-state index contributed by atoms with van der Waals surface area (Å²) in [5.41, 5.74) is 0.500. The van der Waals surface area contributed by atoms with Gasteiger partial charge in [-0.25, -0.2) is 9.78 Å². The van der Waals surface area contributed by atoms with Crippen LogP contribution >= 0.6 is 11.8 Å². The lowest BCUT2D eigenvalue weighted by Crippen LogP contribution is -2.35. The number of hydrogen-bond donors (Lipinski definition) is 0. The number of amides is 1. The van der Waals surface area contributed by atoms with Crippen molar-refractivity contribution in [1.29, 1.82) is 0 Å². The number of rotatable bonds is 4. The van der Waals surface area contributed by atoms with Crippen molar-refractivity contribution in [2.75, 3.05) is 18.8 Å². The standard InChI is InChI=1S/C17H21N3O5S/c1-17(2,3)25-16(21)19-7-6-11(9-19)10-26-15-18-13-8-12(20(22)23)4-5-14(13)24-15/h4-5,8,11H,6-7,9-10H2,1-3H3/t11-/m0/s1. The molecule has 1 aromatic heterocycles. The average Bonchev–Trinajstić information content (AvgIpc) is 3.17. The predicted octanol–water partition coefficient (Wildman–Crippen LogP) is 4.09. The highest BCUT2D eigenvalue weighted by Gasteiger charge is 2.30. The summed E-state index contributed by atoms with van der Waals surface area (Å²) in [7, 11) is 0. The van der Waals surface area contributed by atoms with Crippen LogP contribution in [0.1, 0.15) is 27.2 Å². The number of hydrogen-bond acceptors (Lipinski definition) is 7. The van der Waals surface area contributed by atoms with Crippen LogP contribution in [-0.4, -0.2) is 45.3 Å². The summed E-state index contributed by atoms with van der Waals surface area (Å²) in [5.74, 6) is 1.09. The van der Waals surface area contributed by atoms with E-state index < -0.39 is 10.5 Å².